The Morgan fingerprint density at radius 1 is 0.864 bits per heavy atom. The lowest BCUT2D eigenvalue weighted by Gasteiger charge is -2.06. The Kier molecular flexibility index (Phi) is 4.19. The van der Waals surface area contributed by atoms with Gasteiger partial charge < -0.3 is 5.73 Å². The van der Waals surface area contributed by atoms with E-state index >= 15 is 0 Å². The first-order chi connectivity index (χ1) is 10.7. The summed E-state index contributed by atoms with van der Waals surface area (Å²) in [6.45, 7) is 0. The normalized spacial score (nSPS) is 10.7. The quantitative estimate of drug-likeness (QED) is 0.716. The zero-order chi connectivity index (χ0) is 15.4. The first kappa shape index (κ1) is 14.3. The molecule has 0 amide bonds. The molecule has 0 aliphatic heterocycles. The average Bonchev–Trinajstić information content (AvgIpc) is 2.54. The van der Waals surface area contributed by atoms with Crippen molar-refractivity contribution in [3.8, 4) is 0 Å². The number of nitrogens with two attached hydrogens (primary N) is 1. The molecule has 0 aliphatic rings. The van der Waals surface area contributed by atoms with Gasteiger partial charge in [0.05, 0.1) is 0 Å². The van der Waals surface area contributed by atoms with E-state index in [0.29, 0.717) is 19.3 Å². The van der Waals surface area contributed by atoms with Crippen LogP contribution < -0.4 is 5.73 Å². The summed E-state index contributed by atoms with van der Waals surface area (Å²) in [7, 11) is 0. The zero-order valence-electron chi connectivity index (χ0n) is 12.5. The van der Waals surface area contributed by atoms with Crippen molar-refractivity contribution in [2.24, 2.45) is 0 Å². The van der Waals surface area contributed by atoms with Crippen molar-refractivity contribution in [3.63, 3.8) is 0 Å². The fourth-order valence-electron chi connectivity index (χ4n) is 2.70. The average molecular weight is 289 g/mol. The van der Waals surface area contributed by atoms with Crippen LogP contribution >= 0.6 is 0 Å². The highest BCUT2D eigenvalue weighted by Gasteiger charge is 2.06. The number of hydrogen-bond acceptors (Lipinski definition) is 2. The van der Waals surface area contributed by atoms with Crippen LogP contribution in [-0.4, -0.2) is 5.78 Å². The molecule has 110 valence electrons. The Hall–Kier alpha value is -2.61. The van der Waals surface area contributed by atoms with Crippen molar-refractivity contribution in [1.82, 2.24) is 0 Å². The van der Waals surface area contributed by atoms with E-state index in [1.54, 1.807) is 0 Å². The van der Waals surface area contributed by atoms with Gasteiger partial charge in [0.25, 0.3) is 0 Å². The Balaban J connectivity index is 1.64. The van der Waals surface area contributed by atoms with Gasteiger partial charge in [-0.3, -0.25) is 4.79 Å². The van der Waals surface area contributed by atoms with Gasteiger partial charge >= 0.3 is 0 Å². The molecule has 22 heavy (non-hydrogen) atoms. The fraction of sp³-hybridized carbons (Fsp3) is 0.150. The molecule has 0 saturated carbocycles. The number of fused-ring (bicyclic) bond motifs is 1. The molecular formula is C20H19NO. The molecule has 0 fully saturated rings. The van der Waals surface area contributed by atoms with Gasteiger partial charge in [-0.1, -0.05) is 60.7 Å². The van der Waals surface area contributed by atoms with E-state index in [0.717, 1.165) is 16.8 Å². The molecule has 2 heteroatoms. The van der Waals surface area contributed by atoms with E-state index in [1.165, 1.54) is 10.8 Å². The summed E-state index contributed by atoms with van der Waals surface area (Å²) in [5, 5.41) is 2.39. The second-order valence-corrected chi connectivity index (χ2v) is 5.60. The molecule has 0 heterocycles. The number of para-hydroxylation sites is 1. The van der Waals surface area contributed by atoms with Gasteiger partial charge in [0.2, 0.25) is 0 Å². The number of aryl methyl sites for hydroxylation is 1. The van der Waals surface area contributed by atoms with E-state index in [1.807, 2.05) is 42.5 Å². The summed E-state index contributed by atoms with van der Waals surface area (Å²) in [5.41, 5.74) is 8.80. The van der Waals surface area contributed by atoms with Crippen molar-refractivity contribution in [2.75, 3.05) is 5.73 Å². The molecule has 0 spiro atoms. The van der Waals surface area contributed by atoms with Gasteiger partial charge in [0, 0.05) is 18.5 Å². The van der Waals surface area contributed by atoms with E-state index in [9.17, 15) is 4.79 Å². The Labute approximate surface area is 130 Å². The van der Waals surface area contributed by atoms with Crippen molar-refractivity contribution in [2.45, 2.75) is 19.3 Å². The smallest absolute Gasteiger partial charge is 0.137 e. The number of carbonyl (C=O) groups is 1. The van der Waals surface area contributed by atoms with Crippen molar-refractivity contribution in [1.29, 1.82) is 0 Å². The lowest BCUT2D eigenvalue weighted by atomic mass is 10.00. The number of ketones is 1. The Bertz CT molecular complexity index is 807. The van der Waals surface area contributed by atoms with E-state index in [4.69, 9.17) is 5.73 Å². The second kappa shape index (κ2) is 6.44. The van der Waals surface area contributed by atoms with Crippen LogP contribution in [0.25, 0.3) is 10.8 Å². The predicted molar refractivity (Wildman–Crippen MR) is 91.8 cm³/mol. The molecule has 0 aromatic heterocycles. The van der Waals surface area contributed by atoms with Crippen LogP contribution in [0.2, 0.25) is 0 Å². The first-order valence-corrected chi connectivity index (χ1v) is 7.55. The van der Waals surface area contributed by atoms with Crippen LogP contribution in [0.15, 0.2) is 66.7 Å². The van der Waals surface area contributed by atoms with E-state index in [2.05, 4.69) is 24.3 Å². The summed E-state index contributed by atoms with van der Waals surface area (Å²) >= 11 is 0. The van der Waals surface area contributed by atoms with Gasteiger partial charge in [-0.2, -0.15) is 0 Å². The number of rotatable bonds is 5. The number of hydrogen-bond donors (Lipinski definition) is 1. The lowest BCUT2D eigenvalue weighted by Crippen LogP contribution is -2.05. The monoisotopic (exact) mass is 289 g/mol. The molecule has 0 saturated heterocycles. The number of benzene rings is 3. The molecule has 0 unspecified atom stereocenters. The third kappa shape index (κ3) is 3.34. The summed E-state index contributed by atoms with van der Waals surface area (Å²) in [4.78, 5) is 12.2. The van der Waals surface area contributed by atoms with Crippen LogP contribution in [0.3, 0.4) is 0 Å². The molecule has 0 atom stereocenters. The minimum Gasteiger partial charge on any atom is -0.399 e. The van der Waals surface area contributed by atoms with Gasteiger partial charge in [0.1, 0.15) is 5.78 Å². The summed E-state index contributed by atoms with van der Waals surface area (Å²) in [6, 6.07) is 22.2. The highest BCUT2D eigenvalue weighted by atomic mass is 16.1. The maximum absolute atomic E-state index is 12.2. The second-order valence-electron chi connectivity index (χ2n) is 5.60. The Morgan fingerprint density at radius 3 is 2.41 bits per heavy atom. The third-order valence-corrected chi connectivity index (χ3v) is 3.94. The van der Waals surface area contributed by atoms with Gasteiger partial charge in [-0.25, -0.2) is 0 Å². The SMILES string of the molecule is Nc1ccccc1CCC(=O)Cc1ccc2ccccc2c1. The van der Waals surface area contributed by atoms with Crippen LogP contribution in [-0.2, 0) is 17.6 Å². The predicted octanol–water partition coefficient (Wildman–Crippen LogP) is 4.17. The highest BCUT2D eigenvalue weighted by molar-refractivity contribution is 5.86. The molecule has 3 rings (SSSR count). The highest BCUT2D eigenvalue weighted by Crippen LogP contribution is 2.17. The minimum atomic E-state index is 0.249. The van der Waals surface area contributed by atoms with Crippen LogP contribution in [0.5, 0.6) is 0 Å². The first-order valence-electron chi connectivity index (χ1n) is 7.55. The maximum atomic E-state index is 12.2. The largest absolute Gasteiger partial charge is 0.399 e. The molecular weight excluding hydrogens is 270 g/mol. The van der Waals surface area contributed by atoms with Crippen molar-refractivity contribution in [3.05, 3.63) is 77.9 Å². The maximum Gasteiger partial charge on any atom is 0.137 e. The zero-order valence-corrected chi connectivity index (χ0v) is 12.5. The van der Waals surface area contributed by atoms with Gasteiger partial charge in [-0.15, -0.1) is 0 Å². The summed E-state index contributed by atoms with van der Waals surface area (Å²) in [5.74, 6) is 0.249. The van der Waals surface area contributed by atoms with Gasteiger partial charge in [0.15, 0.2) is 0 Å². The minimum absolute atomic E-state index is 0.249. The summed E-state index contributed by atoms with van der Waals surface area (Å²) in [6.07, 6.45) is 1.72. The molecule has 2 nitrogen and oxygen atoms in total. The summed E-state index contributed by atoms with van der Waals surface area (Å²) < 4.78 is 0. The van der Waals surface area contributed by atoms with E-state index < -0.39 is 0 Å². The van der Waals surface area contributed by atoms with Crippen molar-refractivity contribution < 1.29 is 4.79 Å². The fourth-order valence-corrected chi connectivity index (χ4v) is 2.70. The van der Waals surface area contributed by atoms with Crippen molar-refractivity contribution >= 4 is 22.2 Å². The van der Waals surface area contributed by atoms with Gasteiger partial charge in [-0.05, 0) is 34.4 Å². The van der Waals surface area contributed by atoms with E-state index in [-0.39, 0.29) is 5.78 Å². The molecule has 0 bridgehead atoms. The van der Waals surface area contributed by atoms with Crippen LogP contribution in [0.4, 0.5) is 5.69 Å². The number of Topliss-reactive ketones (excluding diaryl/α,β-unsaturated/α-hetero) is 1. The topological polar surface area (TPSA) is 43.1 Å². The standard InChI is InChI=1S/C20H19NO/c21-20-8-4-3-6-17(20)11-12-19(22)14-15-9-10-16-5-1-2-7-18(16)13-15/h1-10,13H,11-12,14,21H2. The molecule has 0 aliphatic carbocycles. The number of carbonyl (C=O) groups excluding carboxylic acids is 1. The molecule has 3 aromatic carbocycles. The lowest BCUT2D eigenvalue weighted by molar-refractivity contribution is -0.118. The third-order valence-electron chi connectivity index (χ3n) is 3.94. The number of nitrogen functional groups attached to an aromatic ring is 1. The van der Waals surface area contributed by atoms with Crippen LogP contribution in [0.1, 0.15) is 17.5 Å². The molecule has 2 N–H and O–H groups in total. The Morgan fingerprint density at radius 2 is 1.59 bits per heavy atom. The number of anilines is 1. The van der Waals surface area contributed by atoms with Crippen LogP contribution in [0, 0.1) is 0 Å². The molecule has 3 aromatic rings. The molecule has 0 radical (unpaired) electrons.